The quantitative estimate of drug-likeness (QED) is 0.381. The van der Waals surface area contributed by atoms with Crippen molar-refractivity contribution < 1.29 is 39.0 Å². The van der Waals surface area contributed by atoms with Crippen LogP contribution in [0.25, 0.3) is 0 Å². The second-order valence-corrected chi connectivity index (χ2v) is 2.98. The van der Waals surface area contributed by atoms with Crippen molar-refractivity contribution in [3.8, 4) is 0 Å². The molecule has 4 atom stereocenters. The van der Waals surface area contributed by atoms with Crippen LogP contribution in [0.5, 0.6) is 0 Å². The van der Waals surface area contributed by atoms with E-state index in [1.165, 1.54) is 9.47 Å². The van der Waals surface area contributed by atoms with Gasteiger partial charge in [0, 0.05) is 0 Å². The van der Waals surface area contributed by atoms with Gasteiger partial charge in [-0.25, -0.2) is 14.4 Å². The second kappa shape index (κ2) is 6.37. The first-order valence-electron chi connectivity index (χ1n) is 4.01. The van der Waals surface area contributed by atoms with E-state index in [1.807, 2.05) is 0 Å². The predicted molar refractivity (Wildman–Crippen MR) is 51.0 cm³/mol. The summed E-state index contributed by atoms with van der Waals surface area (Å²) in [5.41, 5.74) is 0. The summed E-state index contributed by atoms with van der Waals surface area (Å²) in [6.45, 7) is 1.05. The van der Waals surface area contributed by atoms with Crippen molar-refractivity contribution in [2.24, 2.45) is 0 Å². The van der Waals surface area contributed by atoms with Gasteiger partial charge >= 0.3 is 17.9 Å². The number of carbonyl (C=O) groups excluding carboxylic acids is 2. The fourth-order valence-corrected chi connectivity index (χ4v) is 0.761. The van der Waals surface area contributed by atoms with Crippen LogP contribution in [0.2, 0.25) is 0 Å². The van der Waals surface area contributed by atoms with E-state index >= 15 is 0 Å². The first-order valence-corrected chi connectivity index (χ1v) is 4.48. The number of esters is 1. The molecule has 0 rings (SSSR count). The minimum absolute atomic E-state index is 1.05. The summed E-state index contributed by atoms with van der Waals surface area (Å²) < 4.78 is 8.21. The molecule has 0 aromatic carbocycles. The second-order valence-electron chi connectivity index (χ2n) is 2.74. The zero-order chi connectivity index (χ0) is 12.9. The molecular weight excluding hydrogens is 243 g/mol. The van der Waals surface area contributed by atoms with Crippen LogP contribution in [-0.4, -0.2) is 51.5 Å². The van der Waals surface area contributed by atoms with Gasteiger partial charge in [0.1, 0.15) is 0 Å². The molecule has 8 nitrogen and oxygen atoms in total. The molecule has 1 unspecified atom stereocenters. The van der Waals surface area contributed by atoms with Gasteiger partial charge in [0.15, 0.2) is 18.3 Å². The lowest BCUT2D eigenvalue weighted by atomic mass is 10.2. The molecule has 0 aliphatic carbocycles. The average molecular weight is 254 g/mol. The van der Waals surface area contributed by atoms with Gasteiger partial charge in [0.2, 0.25) is 0 Å². The Morgan fingerprint density at radius 3 is 1.94 bits per heavy atom. The van der Waals surface area contributed by atoms with E-state index in [-0.39, 0.29) is 0 Å². The van der Waals surface area contributed by atoms with Gasteiger partial charge in [-0.05, 0) is 6.92 Å². The molecule has 0 saturated heterocycles. The molecule has 0 saturated carbocycles. The fourth-order valence-electron chi connectivity index (χ4n) is 0.622. The van der Waals surface area contributed by atoms with E-state index < -0.39 is 36.2 Å². The summed E-state index contributed by atoms with van der Waals surface area (Å²) in [6.07, 6.45) is -5.83. The van der Waals surface area contributed by atoms with E-state index in [4.69, 9.17) is 15.3 Å². The van der Waals surface area contributed by atoms with E-state index in [9.17, 15) is 14.4 Å². The molecule has 0 aromatic heterocycles. The summed E-state index contributed by atoms with van der Waals surface area (Å²) in [4.78, 5) is 32.0. The normalized spacial score (nSPS) is 15.8. The number of hydrogen-bond acceptors (Lipinski definition) is 7. The molecule has 3 N–H and O–H groups in total. The minimum atomic E-state index is -2.20. The molecule has 0 fully saturated rings. The van der Waals surface area contributed by atoms with Crippen LogP contribution in [0.15, 0.2) is 0 Å². The Balaban J connectivity index is 4.39. The van der Waals surface area contributed by atoms with Gasteiger partial charge in [-0.2, -0.15) is 0 Å². The van der Waals surface area contributed by atoms with Crippen molar-refractivity contribution >= 4 is 27.4 Å². The molecule has 9 heteroatoms. The predicted octanol–water partition coefficient (Wildman–Crippen LogP) is -1.94. The SMILES string of the molecule is C[C@H](OC(=O)[C@@H](O)[C@H](O)C(=O)OP)C(=O)O. The van der Waals surface area contributed by atoms with Crippen molar-refractivity contribution in [2.75, 3.05) is 0 Å². The average Bonchev–Trinajstić information content (AvgIpc) is 2.25. The van der Waals surface area contributed by atoms with Crippen molar-refractivity contribution in [1.29, 1.82) is 0 Å². The van der Waals surface area contributed by atoms with Crippen LogP contribution in [0.1, 0.15) is 6.92 Å². The van der Waals surface area contributed by atoms with Gasteiger partial charge in [0.05, 0.1) is 9.47 Å². The third kappa shape index (κ3) is 4.09. The maximum atomic E-state index is 11.0. The van der Waals surface area contributed by atoms with Crippen LogP contribution in [0.4, 0.5) is 0 Å². The number of carboxylic acid groups (broad SMARTS) is 1. The summed E-state index contributed by atoms with van der Waals surface area (Å²) in [6, 6.07) is 0. The molecule has 92 valence electrons. The van der Waals surface area contributed by atoms with E-state index in [0.29, 0.717) is 0 Å². The Morgan fingerprint density at radius 1 is 1.12 bits per heavy atom. The zero-order valence-corrected chi connectivity index (χ0v) is 9.35. The number of carboxylic acids is 1. The van der Waals surface area contributed by atoms with E-state index in [0.717, 1.165) is 6.92 Å². The molecule has 0 heterocycles. The highest BCUT2D eigenvalue weighted by molar-refractivity contribution is 7.10. The Morgan fingerprint density at radius 2 is 1.56 bits per heavy atom. The van der Waals surface area contributed by atoms with Crippen molar-refractivity contribution in [1.82, 2.24) is 0 Å². The summed E-state index contributed by atoms with van der Waals surface area (Å²) in [5, 5.41) is 26.5. The molecule has 0 amide bonds. The number of hydrogen-bond donors (Lipinski definition) is 3. The molecule has 16 heavy (non-hydrogen) atoms. The maximum Gasteiger partial charge on any atom is 0.344 e. The van der Waals surface area contributed by atoms with Crippen molar-refractivity contribution in [3.05, 3.63) is 0 Å². The van der Waals surface area contributed by atoms with Crippen molar-refractivity contribution in [2.45, 2.75) is 25.2 Å². The maximum absolute atomic E-state index is 11.0. The number of rotatable bonds is 5. The number of carbonyl (C=O) groups is 3. The summed E-state index contributed by atoms with van der Waals surface area (Å²) >= 11 is 0. The lowest BCUT2D eigenvalue weighted by Crippen LogP contribution is -2.42. The number of aliphatic carboxylic acids is 1. The van der Waals surface area contributed by atoms with Crippen LogP contribution in [0, 0.1) is 0 Å². The lowest BCUT2D eigenvalue weighted by molar-refractivity contribution is -0.176. The van der Waals surface area contributed by atoms with Gasteiger partial charge in [-0.3, -0.25) is 0 Å². The third-order valence-corrected chi connectivity index (χ3v) is 1.77. The number of ether oxygens (including phenoxy) is 1. The molecule has 0 aromatic rings. The molecule has 0 bridgehead atoms. The van der Waals surface area contributed by atoms with E-state index in [1.54, 1.807) is 0 Å². The topological polar surface area (TPSA) is 130 Å². The van der Waals surface area contributed by atoms with Crippen LogP contribution in [-0.2, 0) is 23.6 Å². The Labute approximate surface area is 92.4 Å². The first kappa shape index (κ1) is 14.8. The van der Waals surface area contributed by atoms with Gasteiger partial charge in [0.25, 0.3) is 0 Å². The smallest absolute Gasteiger partial charge is 0.344 e. The standard InChI is InChI=1S/C7H11O8P/c1-2(5(10)11)14-6(12)3(8)4(9)7(13)15-16/h2-4,8-9H,16H2,1H3,(H,10,11)/t2-,3-,4-/m0/s1. The van der Waals surface area contributed by atoms with Gasteiger partial charge in [-0.1, -0.05) is 0 Å². The van der Waals surface area contributed by atoms with Gasteiger partial charge < -0.3 is 24.6 Å². The highest BCUT2D eigenvalue weighted by atomic mass is 31.0. The Bertz CT molecular complexity index is 290. The Hall–Kier alpha value is -1.24. The molecule has 0 radical (unpaired) electrons. The highest BCUT2D eigenvalue weighted by Crippen LogP contribution is 2.04. The Kier molecular flexibility index (Phi) is 5.87. The zero-order valence-electron chi connectivity index (χ0n) is 8.19. The summed E-state index contributed by atoms with van der Waals surface area (Å²) in [5.74, 6) is -4.13. The molecular formula is C7H11O8P. The fraction of sp³-hybridized carbons (Fsp3) is 0.571. The highest BCUT2D eigenvalue weighted by Gasteiger charge is 2.34. The number of aliphatic hydroxyl groups excluding tert-OH is 2. The largest absolute Gasteiger partial charge is 0.479 e. The van der Waals surface area contributed by atoms with Gasteiger partial charge in [-0.15, -0.1) is 0 Å². The minimum Gasteiger partial charge on any atom is -0.479 e. The monoisotopic (exact) mass is 254 g/mol. The first-order chi connectivity index (χ1) is 7.31. The lowest BCUT2D eigenvalue weighted by Gasteiger charge is -2.16. The molecule has 0 aliphatic heterocycles. The number of aliphatic hydroxyl groups is 2. The van der Waals surface area contributed by atoms with Crippen LogP contribution >= 0.6 is 9.47 Å². The van der Waals surface area contributed by atoms with Crippen LogP contribution < -0.4 is 0 Å². The molecule has 0 spiro atoms. The van der Waals surface area contributed by atoms with Crippen molar-refractivity contribution in [3.63, 3.8) is 0 Å². The van der Waals surface area contributed by atoms with E-state index in [2.05, 4.69) is 9.26 Å². The van der Waals surface area contributed by atoms with Crippen LogP contribution in [0.3, 0.4) is 0 Å². The molecule has 0 aliphatic rings. The third-order valence-electron chi connectivity index (χ3n) is 1.54. The summed E-state index contributed by atoms with van der Waals surface area (Å²) in [7, 11) is 1.52.